The summed E-state index contributed by atoms with van der Waals surface area (Å²) in [6, 6.07) is 5.53. The van der Waals surface area contributed by atoms with Crippen LogP contribution in [0, 0.1) is 12.3 Å². The monoisotopic (exact) mass is 345 g/mol. The first-order valence-electron chi connectivity index (χ1n) is 6.22. The Balaban J connectivity index is 2.60. The second kappa shape index (κ2) is 4.90. The van der Waals surface area contributed by atoms with E-state index in [1.54, 1.807) is 6.07 Å². The first kappa shape index (κ1) is 13.6. The van der Waals surface area contributed by atoms with Gasteiger partial charge in [0.2, 0.25) is 11.7 Å². The summed E-state index contributed by atoms with van der Waals surface area (Å²) in [7, 11) is 3.75. The van der Waals surface area contributed by atoms with Crippen molar-refractivity contribution < 1.29 is 0 Å². The van der Waals surface area contributed by atoms with Gasteiger partial charge in [-0.2, -0.15) is 0 Å². The molecule has 0 saturated heterocycles. The van der Waals surface area contributed by atoms with E-state index in [-0.39, 0.29) is 12.1 Å². The van der Waals surface area contributed by atoms with E-state index >= 15 is 0 Å². The van der Waals surface area contributed by atoms with Crippen molar-refractivity contribution in [2.24, 2.45) is 0 Å². The lowest BCUT2D eigenvalue weighted by Crippen LogP contribution is -2.24. The van der Waals surface area contributed by atoms with Gasteiger partial charge >= 0.3 is 0 Å². The summed E-state index contributed by atoms with van der Waals surface area (Å²) in [5.41, 5.74) is 0.578. The van der Waals surface area contributed by atoms with E-state index in [9.17, 15) is 4.79 Å². The highest BCUT2D eigenvalue weighted by Gasteiger charge is 2.17. The predicted molar refractivity (Wildman–Crippen MR) is 85.6 cm³/mol. The van der Waals surface area contributed by atoms with Crippen LogP contribution in [0.3, 0.4) is 0 Å². The Morgan fingerprint density at radius 1 is 1.38 bits per heavy atom. The van der Waals surface area contributed by atoms with Crippen LogP contribution in [0.1, 0.15) is 0 Å². The predicted octanol–water partition coefficient (Wildman–Crippen LogP) is 1.51. The zero-order valence-electron chi connectivity index (χ0n) is 11.5. The fourth-order valence-electron chi connectivity index (χ4n) is 2.29. The Hall–Kier alpha value is -2.33. The highest BCUT2D eigenvalue weighted by molar-refractivity contribution is 9.10. The molecule has 0 aliphatic carbocycles. The first-order valence-corrected chi connectivity index (χ1v) is 7.02. The summed E-state index contributed by atoms with van der Waals surface area (Å²) < 4.78 is 4.12. The third-order valence-corrected chi connectivity index (χ3v) is 3.69. The molecule has 0 fully saturated rings. The molecule has 0 spiro atoms. The molecule has 3 aromatic rings. The van der Waals surface area contributed by atoms with Crippen molar-refractivity contribution in [3.05, 3.63) is 33.0 Å². The smallest absolute Gasteiger partial charge is 0.263 e. The van der Waals surface area contributed by atoms with Crippen LogP contribution in [0.5, 0.6) is 0 Å². The lowest BCUT2D eigenvalue weighted by atomic mass is 10.2. The van der Waals surface area contributed by atoms with Gasteiger partial charge in [0.25, 0.3) is 5.56 Å². The topological polar surface area (TPSA) is 55.4 Å². The third kappa shape index (κ3) is 1.99. The van der Waals surface area contributed by atoms with Crippen molar-refractivity contribution in [1.29, 1.82) is 0 Å². The van der Waals surface area contributed by atoms with E-state index in [2.05, 4.69) is 32.0 Å². The molecule has 2 aromatic heterocycles. The number of terminal acetylenes is 1. The number of hydrogen-bond donors (Lipinski definition) is 0. The number of anilines is 1. The fraction of sp³-hybridized carbons (Fsp3) is 0.214. The van der Waals surface area contributed by atoms with Crippen molar-refractivity contribution in [2.75, 3.05) is 19.0 Å². The van der Waals surface area contributed by atoms with Crippen LogP contribution in [0.25, 0.3) is 16.7 Å². The highest BCUT2D eigenvalue weighted by atomic mass is 79.9. The molecule has 0 aliphatic rings. The summed E-state index contributed by atoms with van der Waals surface area (Å²) in [4.78, 5) is 14.5. The van der Waals surface area contributed by atoms with Gasteiger partial charge in [-0.15, -0.1) is 16.6 Å². The van der Waals surface area contributed by atoms with Gasteiger partial charge < -0.3 is 4.90 Å². The highest BCUT2D eigenvalue weighted by Crippen LogP contribution is 2.21. The van der Waals surface area contributed by atoms with E-state index in [0.29, 0.717) is 17.1 Å². The molecule has 21 heavy (non-hydrogen) atoms. The lowest BCUT2D eigenvalue weighted by molar-refractivity contribution is 0.801. The van der Waals surface area contributed by atoms with Gasteiger partial charge in [0.15, 0.2) is 0 Å². The summed E-state index contributed by atoms with van der Waals surface area (Å²) in [6.07, 6.45) is 5.37. The van der Waals surface area contributed by atoms with Gasteiger partial charge in [-0.3, -0.25) is 9.36 Å². The normalized spacial score (nSPS) is 11.0. The molecular weight excluding hydrogens is 334 g/mol. The van der Waals surface area contributed by atoms with Crippen molar-refractivity contribution in [2.45, 2.75) is 6.54 Å². The standard InChI is InChI=1S/C14H12BrN5O/c1-4-7-19-12(21)10-8-9(15)5-6-11(10)20-13(18(2)3)16-17-14(19)20/h1,5-6,8H,7H2,2-3H3. The molecular formula is C14H12BrN5O. The third-order valence-electron chi connectivity index (χ3n) is 3.19. The van der Waals surface area contributed by atoms with E-state index in [4.69, 9.17) is 6.42 Å². The molecule has 0 aliphatic heterocycles. The number of benzene rings is 1. The maximum absolute atomic E-state index is 12.6. The Morgan fingerprint density at radius 3 is 2.81 bits per heavy atom. The maximum atomic E-state index is 12.6. The maximum Gasteiger partial charge on any atom is 0.263 e. The largest absolute Gasteiger partial charge is 0.347 e. The van der Waals surface area contributed by atoms with Gasteiger partial charge in [-0.25, -0.2) is 4.40 Å². The number of fused-ring (bicyclic) bond motifs is 3. The van der Waals surface area contributed by atoms with E-state index in [1.165, 1.54) is 4.57 Å². The summed E-state index contributed by atoms with van der Waals surface area (Å²) in [6.45, 7) is 0.149. The molecule has 3 rings (SSSR count). The second-order valence-corrected chi connectivity index (χ2v) is 5.70. The first-order chi connectivity index (χ1) is 10.0. The molecule has 7 heteroatoms. The van der Waals surface area contributed by atoms with Gasteiger partial charge in [0.1, 0.15) is 0 Å². The van der Waals surface area contributed by atoms with Crippen LogP contribution < -0.4 is 10.5 Å². The molecule has 0 radical (unpaired) electrons. The Kier molecular flexibility index (Phi) is 3.18. The van der Waals surface area contributed by atoms with Crippen molar-refractivity contribution >= 4 is 38.6 Å². The minimum absolute atomic E-state index is 0.149. The van der Waals surface area contributed by atoms with Crippen molar-refractivity contribution in [1.82, 2.24) is 19.2 Å². The van der Waals surface area contributed by atoms with Crippen LogP contribution in [-0.4, -0.2) is 33.3 Å². The van der Waals surface area contributed by atoms with Gasteiger partial charge in [-0.05, 0) is 18.2 Å². The summed E-state index contributed by atoms with van der Waals surface area (Å²) in [5, 5.41) is 8.83. The van der Waals surface area contributed by atoms with Crippen LogP contribution in [0.2, 0.25) is 0 Å². The zero-order chi connectivity index (χ0) is 15.1. The minimum Gasteiger partial charge on any atom is -0.347 e. The molecule has 0 atom stereocenters. The van der Waals surface area contributed by atoms with Crippen LogP contribution >= 0.6 is 15.9 Å². The number of aromatic nitrogens is 4. The van der Waals surface area contributed by atoms with Crippen molar-refractivity contribution in [3.63, 3.8) is 0 Å². The minimum atomic E-state index is -0.172. The van der Waals surface area contributed by atoms with Crippen LogP contribution in [0.15, 0.2) is 27.5 Å². The molecule has 0 saturated carbocycles. The SMILES string of the molecule is C#CCn1c(=O)c2cc(Br)ccc2n2c(N(C)C)nnc12. The van der Waals surface area contributed by atoms with Gasteiger partial charge in [0.05, 0.1) is 17.4 Å². The number of rotatable bonds is 2. The molecule has 106 valence electrons. The number of halogens is 1. The molecule has 0 N–H and O–H groups in total. The second-order valence-electron chi connectivity index (χ2n) is 4.79. The quantitative estimate of drug-likeness (QED) is 0.660. The molecule has 1 aromatic carbocycles. The molecule has 0 bridgehead atoms. The molecule has 6 nitrogen and oxygen atoms in total. The number of nitrogens with zero attached hydrogens (tertiary/aromatic N) is 5. The van der Waals surface area contributed by atoms with Crippen molar-refractivity contribution in [3.8, 4) is 12.3 Å². The molecule has 2 heterocycles. The van der Waals surface area contributed by atoms with E-state index < -0.39 is 0 Å². The lowest BCUT2D eigenvalue weighted by Gasteiger charge is -2.13. The summed E-state index contributed by atoms with van der Waals surface area (Å²) >= 11 is 3.39. The zero-order valence-corrected chi connectivity index (χ0v) is 13.1. The molecule has 0 unspecified atom stereocenters. The van der Waals surface area contributed by atoms with Gasteiger partial charge in [0, 0.05) is 18.6 Å². The van der Waals surface area contributed by atoms with Crippen LogP contribution in [0.4, 0.5) is 5.95 Å². The summed E-state index contributed by atoms with van der Waals surface area (Å²) in [5.74, 6) is 3.57. The number of hydrogen-bond acceptors (Lipinski definition) is 4. The average molecular weight is 346 g/mol. The van der Waals surface area contributed by atoms with E-state index in [1.807, 2.05) is 35.5 Å². The molecule has 0 amide bonds. The Labute approximate surface area is 129 Å². The Bertz CT molecular complexity index is 948. The van der Waals surface area contributed by atoms with E-state index in [0.717, 1.165) is 9.99 Å². The van der Waals surface area contributed by atoms with Crippen LogP contribution in [-0.2, 0) is 6.54 Å². The Morgan fingerprint density at radius 2 is 2.14 bits per heavy atom. The fourth-order valence-corrected chi connectivity index (χ4v) is 2.65. The van der Waals surface area contributed by atoms with Gasteiger partial charge in [-0.1, -0.05) is 21.9 Å². The average Bonchev–Trinajstić information content (AvgIpc) is 2.88.